The average Bonchev–Trinajstić information content (AvgIpc) is 3.00. The number of carbonyl (C=O) groups excluding carboxylic acids is 1. The van der Waals surface area contributed by atoms with Crippen molar-refractivity contribution in [1.82, 2.24) is 9.97 Å². The summed E-state index contributed by atoms with van der Waals surface area (Å²) in [6.45, 7) is 0. The molecule has 1 aliphatic carbocycles. The molecule has 5 nitrogen and oxygen atoms in total. The maximum absolute atomic E-state index is 11.1. The molecule has 0 bridgehead atoms. The summed E-state index contributed by atoms with van der Waals surface area (Å²) >= 11 is 0. The number of rotatable bonds is 2. The topological polar surface area (TPSA) is 78.1 Å². The van der Waals surface area contributed by atoms with Gasteiger partial charge in [-0.1, -0.05) is 0 Å². The molecule has 1 aromatic heterocycles. The maximum atomic E-state index is 11.1. The van der Waals surface area contributed by atoms with Crippen LogP contribution in [0.5, 0.6) is 0 Å². The van der Waals surface area contributed by atoms with E-state index in [-0.39, 0.29) is 11.5 Å². The smallest absolute Gasteiger partial charge is 0.360 e. The van der Waals surface area contributed by atoms with Crippen molar-refractivity contribution in [1.29, 1.82) is 0 Å². The van der Waals surface area contributed by atoms with Crippen LogP contribution >= 0.6 is 0 Å². The second-order valence-electron chi connectivity index (χ2n) is 3.29. The lowest BCUT2D eigenvalue weighted by Gasteiger charge is -2.03. The van der Waals surface area contributed by atoms with Crippen molar-refractivity contribution in [2.75, 3.05) is 12.8 Å². The molecule has 0 aromatic carbocycles. The second kappa shape index (κ2) is 3.25. The van der Waals surface area contributed by atoms with E-state index in [4.69, 9.17) is 5.73 Å². The number of hydrogen-bond acceptors (Lipinski definition) is 5. The Morgan fingerprint density at radius 1 is 1.64 bits per heavy atom. The molecule has 1 saturated carbocycles. The van der Waals surface area contributed by atoms with Gasteiger partial charge in [-0.15, -0.1) is 0 Å². The lowest BCUT2D eigenvalue weighted by molar-refractivity contribution is 0.0595. The molecule has 0 spiro atoms. The van der Waals surface area contributed by atoms with Gasteiger partial charge in [-0.25, -0.2) is 14.8 Å². The predicted octanol–water partition coefficient (Wildman–Crippen LogP) is 0.723. The van der Waals surface area contributed by atoms with Crippen LogP contribution in [0.1, 0.15) is 34.9 Å². The Labute approximate surface area is 81.3 Å². The molecular weight excluding hydrogens is 182 g/mol. The van der Waals surface area contributed by atoms with Crippen molar-refractivity contribution in [3.63, 3.8) is 0 Å². The van der Waals surface area contributed by atoms with Gasteiger partial charge >= 0.3 is 5.97 Å². The predicted molar refractivity (Wildman–Crippen MR) is 49.8 cm³/mol. The normalized spacial score (nSPS) is 15.2. The minimum absolute atomic E-state index is 0.0944. The Balaban J connectivity index is 2.30. The zero-order valence-electron chi connectivity index (χ0n) is 7.86. The SMILES string of the molecule is COC(=O)c1ncc(C2CC2)nc1N. The fourth-order valence-electron chi connectivity index (χ4n) is 1.25. The molecule has 0 saturated heterocycles. The van der Waals surface area contributed by atoms with Gasteiger partial charge in [-0.05, 0) is 12.8 Å². The van der Waals surface area contributed by atoms with Crippen LogP contribution in [-0.2, 0) is 4.74 Å². The number of aromatic nitrogens is 2. The number of nitrogen functional groups attached to an aromatic ring is 1. The third kappa shape index (κ3) is 1.53. The molecule has 1 fully saturated rings. The molecular formula is C9H11N3O2. The van der Waals surface area contributed by atoms with Crippen molar-refractivity contribution in [3.8, 4) is 0 Å². The Kier molecular flexibility index (Phi) is 2.07. The van der Waals surface area contributed by atoms with E-state index in [1.165, 1.54) is 7.11 Å². The molecule has 0 unspecified atom stereocenters. The van der Waals surface area contributed by atoms with Crippen molar-refractivity contribution >= 4 is 11.8 Å². The zero-order chi connectivity index (χ0) is 10.1. The van der Waals surface area contributed by atoms with Gasteiger partial charge in [0.05, 0.1) is 12.8 Å². The van der Waals surface area contributed by atoms with Gasteiger partial charge < -0.3 is 10.5 Å². The van der Waals surface area contributed by atoms with E-state index in [9.17, 15) is 4.79 Å². The highest BCUT2D eigenvalue weighted by molar-refractivity contribution is 5.91. The van der Waals surface area contributed by atoms with E-state index in [1.807, 2.05) is 0 Å². The Bertz CT molecular complexity index is 374. The van der Waals surface area contributed by atoms with Gasteiger partial charge in [0.1, 0.15) is 0 Å². The second-order valence-corrected chi connectivity index (χ2v) is 3.29. The summed E-state index contributed by atoms with van der Waals surface area (Å²) in [6, 6.07) is 0. The van der Waals surface area contributed by atoms with E-state index >= 15 is 0 Å². The summed E-state index contributed by atoms with van der Waals surface area (Å²) in [6.07, 6.45) is 3.86. The van der Waals surface area contributed by atoms with Crippen LogP contribution < -0.4 is 5.73 Å². The number of nitrogens with two attached hydrogens (primary N) is 1. The lowest BCUT2D eigenvalue weighted by atomic mass is 10.3. The van der Waals surface area contributed by atoms with Crippen LogP contribution in [0.15, 0.2) is 6.20 Å². The average molecular weight is 193 g/mol. The summed E-state index contributed by atoms with van der Waals surface area (Å²) in [4.78, 5) is 19.2. The fraction of sp³-hybridized carbons (Fsp3) is 0.444. The zero-order valence-corrected chi connectivity index (χ0v) is 7.86. The molecule has 74 valence electrons. The monoisotopic (exact) mass is 193 g/mol. The summed E-state index contributed by atoms with van der Waals surface area (Å²) in [5.41, 5.74) is 6.55. The van der Waals surface area contributed by atoms with Crippen molar-refractivity contribution in [2.45, 2.75) is 18.8 Å². The minimum Gasteiger partial charge on any atom is -0.464 e. The van der Waals surface area contributed by atoms with E-state index in [0.717, 1.165) is 18.5 Å². The highest BCUT2D eigenvalue weighted by atomic mass is 16.5. The molecule has 1 heterocycles. The molecule has 14 heavy (non-hydrogen) atoms. The van der Waals surface area contributed by atoms with Crippen molar-refractivity contribution < 1.29 is 9.53 Å². The third-order valence-corrected chi connectivity index (χ3v) is 2.19. The molecule has 2 N–H and O–H groups in total. The number of hydrogen-bond donors (Lipinski definition) is 1. The first-order valence-corrected chi connectivity index (χ1v) is 4.43. The lowest BCUT2D eigenvalue weighted by Crippen LogP contribution is -2.11. The van der Waals surface area contributed by atoms with Gasteiger partial charge in [-0.3, -0.25) is 0 Å². The molecule has 0 amide bonds. The number of methoxy groups -OCH3 is 1. The van der Waals surface area contributed by atoms with Crippen LogP contribution in [0.25, 0.3) is 0 Å². The van der Waals surface area contributed by atoms with Crippen LogP contribution in [0.4, 0.5) is 5.82 Å². The molecule has 0 aliphatic heterocycles. The van der Waals surface area contributed by atoms with Gasteiger partial charge in [-0.2, -0.15) is 0 Å². The third-order valence-electron chi connectivity index (χ3n) is 2.19. The van der Waals surface area contributed by atoms with Crippen LogP contribution in [0, 0.1) is 0 Å². The van der Waals surface area contributed by atoms with Crippen LogP contribution in [0.2, 0.25) is 0 Å². The fourth-order valence-corrected chi connectivity index (χ4v) is 1.25. The largest absolute Gasteiger partial charge is 0.464 e. The molecule has 2 rings (SSSR count). The number of anilines is 1. The number of ether oxygens (including phenoxy) is 1. The van der Waals surface area contributed by atoms with Gasteiger partial charge in [0.25, 0.3) is 0 Å². The highest BCUT2D eigenvalue weighted by Gasteiger charge is 2.26. The summed E-state index contributed by atoms with van der Waals surface area (Å²) in [7, 11) is 1.29. The Morgan fingerprint density at radius 3 is 2.86 bits per heavy atom. The van der Waals surface area contributed by atoms with Gasteiger partial charge in [0.2, 0.25) is 0 Å². The van der Waals surface area contributed by atoms with Gasteiger partial charge in [0.15, 0.2) is 11.5 Å². The van der Waals surface area contributed by atoms with E-state index in [2.05, 4.69) is 14.7 Å². The number of nitrogens with zero attached hydrogens (tertiary/aromatic N) is 2. The van der Waals surface area contributed by atoms with Gasteiger partial charge in [0, 0.05) is 12.1 Å². The summed E-state index contributed by atoms with van der Waals surface area (Å²) in [5.74, 6) is 0.0927. The Hall–Kier alpha value is -1.65. The van der Waals surface area contributed by atoms with E-state index in [0.29, 0.717) is 5.92 Å². The quantitative estimate of drug-likeness (QED) is 0.700. The van der Waals surface area contributed by atoms with E-state index < -0.39 is 5.97 Å². The summed E-state index contributed by atoms with van der Waals surface area (Å²) < 4.78 is 4.51. The minimum atomic E-state index is -0.544. The maximum Gasteiger partial charge on any atom is 0.360 e. The first kappa shape index (κ1) is 8.93. The van der Waals surface area contributed by atoms with E-state index in [1.54, 1.807) is 6.20 Å². The highest BCUT2D eigenvalue weighted by Crippen LogP contribution is 2.38. The van der Waals surface area contributed by atoms with Crippen LogP contribution in [0.3, 0.4) is 0 Å². The molecule has 0 radical (unpaired) electrons. The van der Waals surface area contributed by atoms with Crippen LogP contribution in [-0.4, -0.2) is 23.0 Å². The van der Waals surface area contributed by atoms with Crippen molar-refractivity contribution in [3.05, 3.63) is 17.6 Å². The molecule has 0 atom stereocenters. The number of carbonyl (C=O) groups is 1. The first-order valence-electron chi connectivity index (χ1n) is 4.43. The molecule has 1 aromatic rings. The van der Waals surface area contributed by atoms with Crippen molar-refractivity contribution in [2.24, 2.45) is 0 Å². The molecule has 5 heteroatoms. The Morgan fingerprint density at radius 2 is 2.36 bits per heavy atom. The summed E-state index contributed by atoms with van der Waals surface area (Å²) in [5, 5.41) is 0. The molecule has 1 aliphatic rings. The first-order chi connectivity index (χ1) is 6.72. The standard InChI is InChI=1S/C9H11N3O2/c1-14-9(13)7-8(10)12-6(4-11-7)5-2-3-5/h4-5H,2-3H2,1H3,(H2,10,12). The number of esters is 1.